The molecule has 0 bridgehead atoms. The van der Waals surface area contributed by atoms with Gasteiger partial charge in [0, 0.05) is 19.3 Å². The maximum Gasteiger partial charge on any atom is 0.108 e. The van der Waals surface area contributed by atoms with Crippen molar-refractivity contribution < 1.29 is 4.74 Å². The van der Waals surface area contributed by atoms with Crippen molar-refractivity contribution in [3.05, 3.63) is 21.3 Å². The fourth-order valence-electron chi connectivity index (χ4n) is 1.45. The molecule has 0 radical (unpaired) electrons. The first-order valence-corrected chi connectivity index (χ1v) is 6.00. The molecule has 1 saturated heterocycles. The second-order valence-corrected chi connectivity index (χ2v) is 4.72. The van der Waals surface area contributed by atoms with Crippen LogP contribution in [0.1, 0.15) is 0 Å². The molecular formula is C9H10Br2N2O. The second kappa shape index (κ2) is 4.59. The number of aromatic nitrogens is 1. The zero-order valence-corrected chi connectivity index (χ0v) is 10.7. The number of pyridine rings is 1. The van der Waals surface area contributed by atoms with Gasteiger partial charge in [0.05, 0.1) is 23.4 Å². The molecule has 2 heterocycles. The van der Waals surface area contributed by atoms with Crippen LogP contribution in [0.2, 0.25) is 0 Å². The van der Waals surface area contributed by atoms with Gasteiger partial charge >= 0.3 is 0 Å². The molecule has 2 rings (SSSR count). The molecule has 1 aromatic rings. The molecule has 0 N–H and O–H groups in total. The summed E-state index contributed by atoms with van der Waals surface area (Å²) in [5.41, 5.74) is 1.18. The van der Waals surface area contributed by atoms with Crippen LogP contribution in [0.25, 0.3) is 0 Å². The normalized spacial score (nSPS) is 17.1. The summed E-state index contributed by atoms with van der Waals surface area (Å²) in [7, 11) is 0. The summed E-state index contributed by atoms with van der Waals surface area (Å²) in [6.45, 7) is 3.48. The quantitative estimate of drug-likeness (QED) is 0.743. The van der Waals surface area contributed by atoms with Crippen molar-refractivity contribution in [1.29, 1.82) is 0 Å². The second-order valence-electron chi connectivity index (χ2n) is 3.06. The van der Waals surface area contributed by atoms with Gasteiger partial charge in [-0.15, -0.1) is 0 Å². The van der Waals surface area contributed by atoms with E-state index in [9.17, 15) is 0 Å². The minimum atomic E-state index is 0.798. The Balaban J connectivity index is 2.24. The topological polar surface area (TPSA) is 25.4 Å². The summed E-state index contributed by atoms with van der Waals surface area (Å²) in [5, 5.41) is 0. The maximum atomic E-state index is 5.31. The Hall–Kier alpha value is -0.130. The summed E-state index contributed by atoms with van der Waals surface area (Å²) in [5.74, 6) is 0. The Morgan fingerprint density at radius 2 is 2.00 bits per heavy atom. The van der Waals surface area contributed by atoms with Crippen LogP contribution in [-0.4, -0.2) is 31.3 Å². The Morgan fingerprint density at radius 3 is 2.71 bits per heavy atom. The van der Waals surface area contributed by atoms with Crippen LogP contribution in [0.5, 0.6) is 0 Å². The average Bonchev–Trinajstić information content (AvgIpc) is 2.23. The Bertz CT molecular complexity index is 327. The molecule has 5 heteroatoms. The third kappa shape index (κ3) is 2.27. The van der Waals surface area contributed by atoms with Crippen molar-refractivity contribution in [3.63, 3.8) is 0 Å². The van der Waals surface area contributed by atoms with Crippen molar-refractivity contribution in [1.82, 2.24) is 4.98 Å². The molecule has 3 nitrogen and oxygen atoms in total. The van der Waals surface area contributed by atoms with E-state index in [1.165, 1.54) is 5.69 Å². The minimum Gasteiger partial charge on any atom is -0.378 e. The Kier molecular flexibility index (Phi) is 3.41. The molecule has 0 atom stereocenters. The number of ether oxygens (including phenoxy) is 1. The molecule has 76 valence electrons. The lowest BCUT2D eigenvalue weighted by atomic mass is 10.3. The van der Waals surface area contributed by atoms with Gasteiger partial charge in [0.15, 0.2) is 0 Å². The largest absolute Gasteiger partial charge is 0.378 e. The van der Waals surface area contributed by atoms with Gasteiger partial charge in [-0.3, -0.25) is 0 Å². The molecule has 1 aliphatic heterocycles. The summed E-state index contributed by atoms with van der Waals surface area (Å²) in [6, 6.07) is 2.02. The van der Waals surface area contributed by atoms with Crippen LogP contribution < -0.4 is 4.90 Å². The van der Waals surface area contributed by atoms with Gasteiger partial charge in [0.25, 0.3) is 0 Å². The first kappa shape index (κ1) is 10.4. The van der Waals surface area contributed by atoms with Crippen LogP contribution in [0, 0.1) is 0 Å². The zero-order chi connectivity index (χ0) is 9.97. The van der Waals surface area contributed by atoms with Crippen LogP contribution >= 0.6 is 31.9 Å². The van der Waals surface area contributed by atoms with Gasteiger partial charge in [-0.05, 0) is 37.9 Å². The SMILES string of the molecule is Brc1cc(N2CCOCC2)c(Br)cn1. The summed E-state index contributed by atoms with van der Waals surface area (Å²) in [4.78, 5) is 6.44. The van der Waals surface area contributed by atoms with Crippen molar-refractivity contribution in [2.45, 2.75) is 0 Å². The Labute approximate surface area is 99.7 Å². The molecule has 0 saturated carbocycles. The molecule has 1 fully saturated rings. The van der Waals surface area contributed by atoms with Crippen LogP contribution in [0.4, 0.5) is 5.69 Å². The lowest BCUT2D eigenvalue weighted by Gasteiger charge is -2.29. The number of morpholine rings is 1. The van der Waals surface area contributed by atoms with Gasteiger partial charge in [-0.25, -0.2) is 4.98 Å². The highest BCUT2D eigenvalue weighted by Crippen LogP contribution is 2.28. The minimum absolute atomic E-state index is 0.798. The number of anilines is 1. The van der Waals surface area contributed by atoms with Crippen molar-refractivity contribution in [2.24, 2.45) is 0 Å². The van der Waals surface area contributed by atoms with Gasteiger partial charge in [-0.2, -0.15) is 0 Å². The van der Waals surface area contributed by atoms with E-state index in [2.05, 4.69) is 41.7 Å². The third-order valence-electron chi connectivity index (χ3n) is 2.15. The smallest absolute Gasteiger partial charge is 0.108 e. The molecule has 0 amide bonds. The number of halogens is 2. The van der Waals surface area contributed by atoms with Crippen molar-refractivity contribution in [2.75, 3.05) is 31.2 Å². The summed E-state index contributed by atoms with van der Waals surface area (Å²) in [6.07, 6.45) is 1.81. The zero-order valence-electron chi connectivity index (χ0n) is 7.54. The molecule has 0 spiro atoms. The van der Waals surface area contributed by atoms with E-state index in [1.54, 1.807) is 0 Å². The molecule has 0 aromatic carbocycles. The number of hydrogen-bond acceptors (Lipinski definition) is 3. The monoisotopic (exact) mass is 320 g/mol. The Morgan fingerprint density at radius 1 is 1.29 bits per heavy atom. The van der Waals surface area contributed by atoms with Gasteiger partial charge < -0.3 is 9.64 Å². The molecule has 1 aromatic heterocycles. The standard InChI is InChI=1S/C9H10Br2N2O/c10-7-6-12-9(11)5-8(7)13-1-3-14-4-2-13/h5-6H,1-4H2. The highest BCUT2D eigenvalue weighted by molar-refractivity contribution is 9.11. The average molecular weight is 322 g/mol. The van der Waals surface area contributed by atoms with E-state index in [1.807, 2.05) is 12.3 Å². The van der Waals surface area contributed by atoms with E-state index in [4.69, 9.17) is 4.74 Å². The first-order chi connectivity index (χ1) is 6.77. The van der Waals surface area contributed by atoms with E-state index >= 15 is 0 Å². The predicted octanol–water partition coefficient (Wildman–Crippen LogP) is 2.44. The molecular weight excluding hydrogens is 312 g/mol. The molecule has 0 aliphatic carbocycles. The molecule has 1 aliphatic rings. The third-order valence-corrected chi connectivity index (χ3v) is 3.20. The van der Waals surface area contributed by atoms with E-state index in [-0.39, 0.29) is 0 Å². The number of rotatable bonds is 1. The lowest BCUT2D eigenvalue weighted by Crippen LogP contribution is -2.36. The van der Waals surface area contributed by atoms with Gasteiger partial charge in [0.1, 0.15) is 4.60 Å². The molecule has 14 heavy (non-hydrogen) atoms. The van der Waals surface area contributed by atoms with Crippen LogP contribution in [-0.2, 0) is 4.74 Å². The van der Waals surface area contributed by atoms with Gasteiger partial charge in [-0.1, -0.05) is 0 Å². The number of nitrogens with zero attached hydrogens (tertiary/aromatic N) is 2. The van der Waals surface area contributed by atoms with E-state index < -0.39 is 0 Å². The maximum absolute atomic E-state index is 5.31. The predicted molar refractivity (Wildman–Crippen MR) is 62.7 cm³/mol. The lowest BCUT2D eigenvalue weighted by molar-refractivity contribution is 0.122. The van der Waals surface area contributed by atoms with Gasteiger partial charge in [0.2, 0.25) is 0 Å². The van der Waals surface area contributed by atoms with E-state index in [0.717, 1.165) is 35.4 Å². The van der Waals surface area contributed by atoms with E-state index in [0.29, 0.717) is 0 Å². The summed E-state index contributed by atoms with van der Waals surface area (Å²) < 4.78 is 7.20. The highest BCUT2D eigenvalue weighted by atomic mass is 79.9. The molecule has 0 unspecified atom stereocenters. The highest BCUT2D eigenvalue weighted by Gasteiger charge is 2.14. The first-order valence-electron chi connectivity index (χ1n) is 4.41. The number of hydrogen-bond donors (Lipinski definition) is 0. The van der Waals surface area contributed by atoms with Crippen molar-refractivity contribution in [3.8, 4) is 0 Å². The fourth-order valence-corrected chi connectivity index (χ4v) is 2.24. The van der Waals surface area contributed by atoms with Crippen molar-refractivity contribution >= 4 is 37.5 Å². The summed E-state index contributed by atoms with van der Waals surface area (Å²) >= 11 is 6.87. The van der Waals surface area contributed by atoms with Crippen LogP contribution in [0.3, 0.4) is 0 Å². The fraction of sp³-hybridized carbons (Fsp3) is 0.444. The van der Waals surface area contributed by atoms with Crippen LogP contribution in [0.15, 0.2) is 21.3 Å².